The molecule has 8 heteroatoms. The average Bonchev–Trinajstić information content (AvgIpc) is 2.76. The Bertz CT molecular complexity index is 865. The summed E-state index contributed by atoms with van der Waals surface area (Å²) in [5.74, 6) is -3.60. The summed E-state index contributed by atoms with van der Waals surface area (Å²) in [6.07, 6.45) is 0.981. The molecule has 2 aromatic carbocycles. The van der Waals surface area contributed by atoms with Crippen LogP contribution >= 0.6 is 0 Å². The van der Waals surface area contributed by atoms with Crippen molar-refractivity contribution in [2.45, 2.75) is 25.2 Å². The first-order valence-electron chi connectivity index (χ1n) is 9.42. The standard InChI is InChI=1S/C22H26N2O6/c1-29-22(30-2,12-14-25)21(28)24-19-10-6-9-17(20(26)27)18(19)15-23-13-11-16-7-4-3-5-8-16/h3-10,14,23H,11-13,15H2,1-2H3,(H,24,28)(H,26,27). The van der Waals surface area contributed by atoms with Crippen molar-refractivity contribution in [2.75, 3.05) is 26.1 Å². The summed E-state index contributed by atoms with van der Waals surface area (Å²) >= 11 is 0. The van der Waals surface area contributed by atoms with E-state index in [4.69, 9.17) is 9.47 Å². The number of anilines is 1. The maximum absolute atomic E-state index is 12.7. The minimum Gasteiger partial charge on any atom is -0.478 e. The molecule has 0 atom stereocenters. The summed E-state index contributed by atoms with van der Waals surface area (Å²) in [4.78, 5) is 35.4. The molecule has 0 bridgehead atoms. The summed E-state index contributed by atoms with van der Waals surface area (Å²) in [6.45, 7) is 0.849. The largest absolute Gasteiger partial charge is 0.478 e. The number of hydrogen-bond acceptors (Lipinski definition) is 6. The van der Waals surface area contributed by atoms with Crippen LogP contribution in [0.1, 0.15) is 27.9 Å². The molecular weight excluding hydrogens is 388 g/mol. The van der Waals surface area contributed by atoms with Gasteiger partial charge in [-0.15, -0.1) is 0 Å². The van der Waals surface area contributed by atoms with Crippen LogP contribution in [-0.4, -0.2) is 49.8 Å². The van der Waals surface area contributed by atoms with Gasteiger partial charge in [-0.25, -0.2) is 4.79 Å². The van der Waals surface area contributed by atoms with E-state index in [0.717, 1.165) is 12.0 Å². The van der Waals surface area contributed by atoms with Crippen LogP contribution in [0.4, 0.5) is 5.69 Å². The molecule has 0 unspecified atom stereocenters. The summed E-state index contributed by atoms with van der Waals surface area (Å²) < 4.78 is 10.3. The molecule has 0 spiro atoms. The van der Waals surface area contributed by atoms with E-state index in [9.17, 15) is 19.5 Å². The zero-order chi connectivity index (χ0) is 22.0. The van der Waals surface area contributed by atoms with Crippen molar-refractivity contribution < 1.29 is 29.0 Å². The number of ether oxygens (including phenoxy) is 2. The third kappa shape index (κ3) is 5.73. The summed E-state index contributed by atoms with van der Waals surface area (Å²) in [7, 11) is 2.51. The van der Waals surface area contributed by atoms with E-state index < -0.39 is 17.7 Å². The van der Waals surface area contributed by atoms with Crippen molar-refractivity contribution >= 4 is 23.9 Å². The molecule has 2 rings (SSSR count). The minimum atomic E-state index is -1.79. The van der Waals surface area contributed by atoms with Gasteiger partial charge in [0.15, 0.2) is 0 Å². The lowest BCUT2D eigenvalue weighted by Crippen LogP contribution is -2.47. The number of carbonyl (C=O) groups excluding carboxylic acids is 2. The number of aldehydes is 1. The maximum atomic E-state index is 12.7. The molecule has 0 aliphatic heterocycles. The third-order valence-electron chi connectivity index (χ3n) is 4.75. The Labute approximate surface area is 175 Å². The van der Waals surface area contributed by atoms with E-state index in [2.05, 4.69) is 10.6 Å². The molecule has 3 N–H and O–H groups in total. The molecule has 0 saturated heterocycles. The molecule has 30 heavy (non-hydrogen) atoms. The smallest absolute Gasteiger partial charge is 0.336 e. The van der Waals surface area contributed by atoms with E-state index in [1.54, 1.807) is 6.07 Å². The molecule has 0 aliphatic rings. The van der Waals surface area contributed by atoms with Crippen LogP contribution in [0.15, 0.2) is 48.5 Å². The Hall–Kier alpha value is -3.07. The highest BCUT2D eigenvalue weighted by atomic mass is 16.7. The van der Waals surface area contributed by atoms with Crippen LogP contribution in [0.5, 0.6) is 0 Å². The number of benzene rings is 2. The average molecular weight is 414 g/mol. The van der Waals surface area contributed by atoms with Crippen molar-refractivity contribution in [3.63, 3.8) is 0 Å². The number of carboxylic acid groups (broad SMARTS) is 1. The fourth-order valence-electron chi connectivity index (χ4n) is 3.04. The fourth-order valence-corrected chi connectivity index (χ4v) is 3.04. The zero-order valence-electron chi connectivity index (χ0n) is 17.0. The Morgan fingerprint density at radius 2 is 1.77 bits per heavy atom. The number of carbonyl (C=O) groups is 3. The normalized spacial score (nSPS) is 11.1. The van der Waals surface area contributed by atoms with Gasteiger partial charge < -0.3 is 30.0 Å². The molecule has 160 valence electrons. The second-order valence-corrected chi connectivity index (χ2v) is 6.54. The van der Waals surface area contributed by atoms with Gasteiger partial charge in [0, 0.05) is 32.0 Å². The number of amides is 1. The Kier molecular flexibility index (Phi) is 8.67. The second-order valence-electron chi connectivity index (χ2n) is 6.54. The van der Waals surface area contributed by atoms with Gasteiger partial charge in [-0.2, -0.15) is 0 Å². The van der Waals surface area contributed by atoms with Gasteiger partial charge in [0.05, 0.1) is 12.0 Å². The van der Waals surface area contributed by atoms with Gasteiger partial charge in [-0.05, 0) is 30.7 Å². The van der Waals surface area contributed by atoms with Crippen molar-refractivity contribution in [3.05, 3.63) is 65.2 Å². The van der Waals surface area contributed by atoms with E-state index in [1.807, 2.05) is 30.3 Å². The van der Waals surface area contributed by atoms with Crippen LogP contribution < -0.4 is 10.6 Å². The SMILES string of the molecule is COC(CC=O)(OC)C(=O)Nc1cccc(C(=O)O)c1CNCCc1ccccc1. The summed E-state index contributed by atoms with van der Waals surface area (Å²) in [5, 5.41) is 15.4. The molecule has 8 nitrogen and oxygen atoms in total. The molecule has 2 aromatic rings. The number of aromatic carboxylic acids is 1. The van der Waals surface area contributed by atoms with Gasteiger partial charge in [0.2, 0.25) is 0 Å². The topological polar surface area (TPSA) is 114 Å². The highest BCUT2D eigenvalue weighted by Crippen LogP contribution is 2.24. The van der Waals surface area contributed by atoms with E-state index >= 15 is 0 Å². The highest BCUT2D eigenvalue weighted by molar-refractivity contribution is 6.00. The Balaban J connectivity index is 2.18. The summed E-state index contributed by atoms with van der Waals surface area (Å²) in [5.41, 5.74) is 1.94. The molecule has 0 fully saturated rings. The monoisotopic (exact) mass is 414 g/mol. The minimum absolute atomic E-state index is 0.0656. The molecule has 0 heterocycles. The van der Waals surface area contributed by atoms with E-state index in [1.165, 1.54) is 26.4 Å². The van der Waals surface area contributed by atoms with E-state index in [-0.39, 0.29) is 18.5 Å². The van der Waals surface area contributed by atoms with Gasteiger partial charge in [0.1, 0.15) is 6.29 Å². The quantitative estimate of drug-likeness (QED) is 0.277. The first kappa shape index (κ1) is 23.2. The van der Waals surface area contributed by atoms with Crippen molar-refractivity contribution in [1.82, 2.24) is 5.32 Å². The number of hydrogen-bond donors (Lipinski definition) is 3. The summed E-state index contributed by atoms with van der Waals surface area (Å²) in [6, 6.07) is 14.5. The third-order valence-corrected chi connectivity index (χ3v) is 4.75. The van der Waals surface area contributed by atoms with Gasteiger partial charge in [-0.1, -0.05) is 36.4 Å². The molecule has 0 radical (unpaired) electrons. The number of carboxylic acids is 1. The number of nitrogens with one attached hydrogen (secondary N) is 2. The predicted molar refractivity (Wildman–Crippen MR) is 111 cm³/mol. The Morgan fingerprint density at radius 1 is 1.07 bits per heavy atom. The lowest BCUT2D eigenvalue weighted by atomic mass is 10.0. The fraction of sp³-hybridized carbons (Fsp3) is 0.318. The van der Waals surface area contributed by atoms with Gasteiger partial charge in [0.25, 0.3) is 11.7 Å². The predicted octanol–water partition coefficient (Wildman–Crippen LogP) is 2.23. The van der Waals surface area contributed by atoms with Crippen molar-refractivity contribution in [1.29, 1.82) is 0 Å². The Morgan fingerprint density at radius 3 is 2.37 bits per heavy atom. The van der Waals surface area contributed by atoms with Crippen LogP contribution in [-0.2, 0) is 32.0 Å². The van der Waals surface area contributed by atoms with E-state index in [0.29, 0.717) is 24.1 Å². The van der Waals surface area contributed by atoms with Crippen LogP contribution in [0.2, 0.25) is 0 Å². The molecule has 0 aromatic heterocycles. The van der Waals surface area contributed by atoms with Crippen molar-refractivity contribution in [3.8, 4) is 0 Å². The number of rotatable bonds is 12. The maximum Gasteiger partial charge on any atom is 0.336 e. The first-order chi connectivity index (χ1) is 14.5. The van der Waals surface area contributed by atoms with Gasteiger partial charge in [-0.3, -0.25) is 4.79 Å². The lowest BCUT2D eigenvalue weighted by molar-refractivity contribution is -0.205. The first-order valence-corrected chi connectivity index (χ1v) is 9.42. The molecule has 0 aliphatic carbocycles. The lowest BCUT2D eigenvalue weighted by Gasteiger charge is -2.28. The van der Waals surface area contributed by atoms with Crippen LogP contribution in [0.3, 0.4) is 0 Å². The number of methoxy groups -OCH3 is 2. The second kappa shape index (κ2) is 11.2. The van der Waals surface area contributed by atoms with Crippen LogP contribution in [0, 0.1) is 0 Å². The van der Waals surface area contributed by atoms with Gasteiger partial charge >= 0.3 is 5.97 Å². The molecule has 1 amide bonds. The molecule has 0 saturated carbocycles. The van der Waals surface area contributed by atoms with Crippen molar-refractivity contribution in [2.24, 2.45) is 0 Å². The van der Waals surface area contributed by atoms with Crippen LogP contribution in [0.25, 0.3) is 0 Å². The zero-order valence-corrected chi connectivity index (χ0v) is 17.0. The highest BCUT2D eigenvalue weighted by Gasteiger charge is 2.39. The molecular formula is C22H26N2O6.